The maximum absolute atomic E-state index is 4.70. The minimum atomic E-state index is 0.0173. The molecule has 0 amide bonds. The molecule has 1 aromatic rings. The van der Waals surface area contributed by atoms with Crippen molar-refractivity contribution in [1.82, 2.24) is 9.97 Å². The normalized spacial score (nSPS) is 15.6. The highest BCUT2D eigenvalue weighted by Crippen LogP contribution is 2.39. The van der Waals surface area contributed by atoms with Crippen molar-refractivity contribution in [3.05, 3.63) is 11.4 Å². The first-order valence-corrected chi connectivity index (χ1v) is 6.81. The molecule has 1 fully saturated rings. The molecule has 1 aliphatic carbocycles. The van der Waals surface area contributed by atoms with Crippen LogP contribution in [0.25, 0.3) is 0 Å². The zero-order valence-corrected chi connectivity index (χ0v) is 12.1. The molecule has 4 heteroatoms. The zero-order valence-electron chi connectivity index (χ0n) is 12.1. The molecule has 2 rings (SSSR count). The van der Waals surface area contributed by atoms with Crippen molar-refractivity contribution in [2.75, 3.05) is 17.2 Å². The molecule has 0 radical (unpaired) electrons. The van der Waals surface area contributed by atoms with Gasteiger partial charge in [0.25, 0.3) is 0 Å². The Bertz CT molecular complexity index is 430. The first-order chi connectivity index (χ1) is 8.40. The summed E-state index contributed by atoms with van der Waals surface area (Å²) in [5, 5.41) is 6.81. The van der Waals surface area contributed by atoms with E-state index in [1.54, 1.807) is 0 Å². The van der Waals surface area contributed by atoms with E-state index in [1.807, 2.05) is 0 Å². The smallest absolute Gasteiger partial charge is 0.136 e. The van der Waals surface area contributed by atoms with E-state index in [9.17, 15) is 0 Å². The molecule has 1 aromatic heterocycles. The maximum Gasteiger partial charge on any atom is 0.136 e. The van der Waals surface area contributed by atoms with Gasteiger partial charge >= 0.3 is 0 Å². The molecule has 4 nitrogen and oxygen atoms in total. The van der Waals surface area contributed by atoms with Gasteiger partial charge in [-0.05, 0) is 47.5 Å². The van der Waals surface area contributed by atoms with Gasteiger partial charge < -0.3 is 10.6 Å². The van der Waals surface area contributed by atoms with Crippen molar-refractivity contribution in [2.24, 2.45) is 0 Å². The van der Waals surface area contributed by atoms with E-state index in [-0.39, 0.29) is 5.54 Å². The molecule has 0 spiro atoms. The van der Waals surface area contributed by atoms with Gasteiger partial charge in [-0.3, -0.25) is 0 Å². The second kappa shape index (κ2) is 4.75. The van der Waals surface area contributed by atoms with Crippen molar-refractivity contribution in [1.29, 1.82) is 0 Å². The highest BCUT2D eigenvalue weighted by atomic mass is 15.1. The number of rotatable bonds is 4. The molecular formula is C14H24N4. The fraction of sp³-hybridized carbons (Fsp3) is 0.714. The lowest BCUT2D eigenvalue weighted by atomic mass is 10.1. The third-order valence-corrected chi connectivity index (χ3v) is 2.94. The van der Waals surface area contributed by atoms with Crippen molar-refractivity contribution in [3.8, 4) is 0 Å². The van der Waals surface area contributed by atoms with Gasteiger partial charge in [0.1, 0.15) is 17.5 Å². The predicted octanol–water partition coefficient (Wildman–Crippen LogP) is 3.30. The van der Waals surface area contributed by atoms with Crippen molar-refractivity contribution in [2.45, 2.75) is 58.9 Å². The lowest BCUT2D eigenvalue weighted by molar-refractivity contribution is 0.628. The summed E-state index contributed by atoms with van der Waals surface area (Å²) in [6, 6.07) is 0. The summed E-state index contributed by atoms with van der Waals surface area (Å²) < 4.78 is 0. The summed E-state index contributed by atoms with van der Waals surface area (Å²) in [6.45, 7) is 11.5. The van der Waals surface area contributed by atoms with Crippen LogP contribution in [-0.4, -0.2) is 22.1 Å². The minimum absolute atomic E-state index is 0.0173. The Morgan fingerprint density at radius 2 is 1.78 bits per heavy atom. The number of nitrogens with one attached hydrogen (secondary N) is 2. The Balaban J connectivity index is 2.36. The van der Waals surface area contributed by atoms with E-state index in [0.717, 1.165) is 29.6 Å². The fourth-order valence-electron chi connectivity index (χ4n) is 1.87. The van der Waals surface area contributed by atoms with Crippen LogP contribution < -0.4 is 10.6 Å². The van der Waals surface area contributed by atoms with E-state index < -0.39 is 0 Å². The maximum atomic E-state index is 4.70. The van der Waals surface area contributed by atoms with Gasteiger partial charge in [-0.25, -0.2) is 9.97 Å². The Morgan fingerprint density at radius 3 is 2.28 bits per heavy atom. The molecule has 0 aliphatic heterocycles. The second-order valence-electron chi connectivity index (χ2n) is 6.08. The summed E-state index contributed by atoms with van der Waals surface area (Å²) in [6.07, 6.45) is 2.45. The highest BCUT2D eigenvalue weighted by molar-refractivity contribution is 5.58. The second-order valence-corrected chi connectivity index (χ2v) is 6.08. The van der Waals surface area contributed by atoms with Gasteiger partial charge in [0, 0.05) is 23.6 Å². The first kappa shape index (κ1) is 13.1. The van der Waals surface area contributed by atoms with E-state index in [2.05, 4.69) is 50.2 Å². The molecule has 1 saturated carbocycles. The third kappa shape index (κ3) is 3.12. The van der Waals surface area contributed by atoms with Crippen LogP contribution in [0.15, 0.2) is 0 Å². The van der Waals surface area contributed by atoms with Crippen LogP contribution in [0.1, 0.15) is 57.8 Å². The molecular weight excluding hydrogens is 224 g/mol. The van der Waals surface area contributed by atoms with Gasteiger partial charge in [-0.1, -0.05) is 0 Å². The van der Waals surface area contributed by atoms with Crippen LogP contribution in [-0.2, 0) is 0 Å². The van der Waals surface area contributed by atoms with E-state index in [0.29, 0.717) is 5.92 Å². The van der Waals surface area contributed by atoms with Crippen molar-refractivity contribution < 1.29 is 0 Å². The molecule has 0 unspecified atom stereocenters. The molecule has 18 heavy (non-hydrogen) atoms. The Morgan fingerprint density at radius 1 is 1.17 bits per heavy atom. The SMILES string of the molecule is CCNc1nc(C2CC2)nc(NC(C)(C)C)c1C. The fourth-order valence-corrected chi connectivity index (χ4v) is 1.87. The largest absolute Gasteiger partial charge is 0.370 e. The lowest BCUT2D eigenvalue weighted by Crippen LogP contribution is -2.28. The van der Waals surface area contributed by atoms with Crippen LogP contribution in [0.5, 0.6) is 0 Å². The summed E-state index contributed by atoms with van der Waals surface area (Å²) in [5.74, 6) is 3.50. The average Bonchev–Trinajstić information content (AvgIpc) is 3.05. The van der Waals surface area contributed by atoms with Gasteiger partial charge in [0.2, 0.25) is 0 Å². The minimum Gasteiger partial charge on any atom is -0.370 e. The number of hydrogen-bond donors (Lipinski definition) is 2. The van der Waals surface area contributed by atoms with Crippen molar-refractivity contribution >= 4 is 11.6 Å². The highest BCUT2D eigenvalue weighted by Gasteiger charge is 2.28. The Kier molecular flexibility index (Phi) is 3.46. The van der Waals surface area contributed by atoms with E-state index >= 15 is 0 Å². The molecule has 0 atom stereocenters. The Hall–Kier alpha value is -1.32. The quantitative estimate of drug-likeness (QED) is 0.858. The van der Waals surface area contributed by atoms with Gasteiger partial charge in [-0.15, -0.1) is 0 Å². The van der Waals surface area contributed by atoms with Crippen molar-refractivity contribution in [3.63, 3.8) is 0 Å². The third-order valence-electron chi connectivity index (χ3n) is 2.94. The van der Waals surface area contributed by atoms with Crippen LogP contribution in [0, 0.1) is 6.92 Å². The predicted molar refractivity (Wildman–Crippen MR) is 76.3 cm³/mol. The molecule has 0 saturated heterocycles. The van der Waals surface area contributed by atoms with Crippen LogP contribution in [0.2, 0.25) is 0 Å². The number of anilines is 2. The van der Waals surface area contributed by atoms with Gasteiger partial charge in [0.15, 0.2) is 0 Å². The van der Waals surface area contributed by atoms with E-state index in [4.69, 9.17) is 4.98 Å². The van der Waals surface area contributed by atoms with Crippen LogP contribution >= 0.6 is 0 Å². The van der Waals surface area contributed by atoms with Crippen LogP contribution in [0.4, 0.5) is 11.6 Å². The molecule has 1 aliphatic rings. The van der Waals surface area contributed by atoms with Gasteiger partial charge in [-0.2, -0.15) is 0 Å². The van der Waals surface area contributed by atoms with Crippen LogP contribution in [0.3, 0.4) is 0 Å². The number of hydrogen-bond acceptors (Lipinski definition) is 4. The summed E-state index contributed by atoms with van der Waals surface area (Å²) in [4.78, 5) is 9.35. The summed E-state index contributed by atoms with van der Waals surface area (Å²) in [7, 11) is 0. The Labute approximate surface area is 110 Å². The molecule has 2 N–H and O–H groups in total. The number of nitrogens with zero attached hydrogens (tertiary/aromatic N) is 2. The summed E-state index contributed by atoms with van der Waals surface area (Å²) in [5.41, 5.74) is 1.12. The topological polar surface area (TPSA) is 49.8 Å². The summed E-state index contributed by atoms with van der Waals surface area (Å²) >= 11 is 0. The zero-order chi connectivity index (χ0) is 13.3. The molecule has 0 aromatic carbocycles. The monoisotopic (exact) mass is 248 g/mol. The standard InChI is InChI=1S/C14H24N4/c1-6-15-11-9(2)12(18-14(3,4)5)17-13(16-11)10-7-8-10/h10H,6-8H2,1-5H3,(H2,15,16,17,18). The van der Waals surface area contributed by atoms with Gasteiger partial charge in [0.05, 0.1) is 0 Å². The lowest BCUT2D eigenvalue weighted by Gasteiger charge is -2.24. The molecule has 1 heterocycles. The van der Waals surface area contributed by atoms with E-state index in [1.165, 1.54) is 12.8 Å². The first-order valence-electron chi connectivity index (χ1n) is 6.81. The molecule has 100 valence electrons. The number of aromatic nitrogens is 2. The average molecular weight is 248 g/mol. The molecule has 0 bridgehead atoms.